The first-order valence-electron chi connectivity index (χ1n) is 5.71. The fourth-order valence-corrected chi connectivity index (χ4v) is 2.14. The zero-order chi connectivity index (χ0) is 12.1. The number of likely N-dealkylation sites (tertiary alicyclic amines) is 1. The predicted octanol–water partition coefficient (Wildman–Crippen LogP) is 0.308. The molecule has 16 heavy (non-hydrogen) atoms. The molecule has 2 N–H and O–H groups in total. The molecule has 0 bridgehead atoms. The molecular weight excluding hydrogens is 208 g/mol. The van der Waals surface area contributed by atoms with Crippen molar-refractivity contribution in [3.8, 4) is 0 Å². The molecule has 2 unspecified atom stereocenters. The van der Waals surface area contributed by atoms with Gasteiger partial charge in [-0.2, -0.15) is 0 Å². The topological polar surface area (TPSA) is 69.6 Å². The van der Waals surface area contributed by atoms with Gasteiger partial charge in [0.15, 0.2) is 0 Å². The summed E-state index contributed by atoms with van der Waals surface area (Å²) in [7, 11) is 0. The minimum Gasteiger partial charge on any atom is -0.480 e. The summed E-state index contributed by atoms with van der Waals surface area (Å²) in [4.78, 5) is 23.9. The highest BCUT2D eigenvalue weighted by Crippen LogP contribution is 2.15. The Kier molecular flexibility index (Phi) is 4.73. The van der Waals surface area contributed by atoms with Gasteiger partial charge in [0.1, 0.15) is 6.04 Å². The van der Waals surface area contributed by atoms with Crippen molar-refractivity contribution in [2.75, 3.05) is 19.6 Å². The number of piperidine rings is 1. The lowest BCUT2D eigenvalue weighted by molar-refractivity contribution is -0.142. The minimum atomic E-state index is -0.964. The molecule has 1 rings (SSSR count). The Bertz CT molecular complexity index is 268. The number of hydrogen-bond acceptors (Lipinski definition) is 3. The molecule has 1 saturated heterocycles. The zero-order valence-corrected chi connectivity index (χ0v) is 9.90. The first-order valence-corrected chi connectivity index (χ1v) is 5.71. The Hall–Kier alpha value is -1.10. The van der Waals surface area contributed by atoms with Crippen molar-refractivity contribution in [1.82, 2.24) is 10.2 Å². The van der Waals surface area contributed by atoms with E-state index in [0.717, 1.165) is 19.5 Å². The summed E-state index contributed by atoms with van der Waals surface area (Å²) in [6.07, 6.45) is 2.31. The zero-order valence-electron chi connectivity index (χ0n) is 9.90. The number of hydrogen-bond donors (Lipinski definition) is 2. The quantitative estimate of drug-likeness (QED) is 0.726. The van der Waals surface area contributed by atoms with Gasteiger partial charge in [0.25, 0.3) is 0 Å². The number of rotatable bonds is 4. The summed E-state index contributed by atoms with van der Waals surface area (Å²) in [6, 6.07) is -0.789. The van der Waals surface area contributed by atoms with Crippen molar-refractivity contribution in [3.05, 3.63) is 0 Å². The molecule has 0 aromatic heterocycles. The van der Waals surface area contributed by atoms with Crippen LogP contribution < -0.4 is 5.32 Å². The largest absolute Gasteiger partial charge is 0.480 e. The molecular formula is C11H20N2O3. The van der Waals surface area contributed by atoms with Gasteiger partial charge in [0.2, 0.25) is 5.91 Å². The van der Waals surface area contributed by atoms with Crippen molar-refractivity contribution in [1.29, 1.82) is 0 Å². The second kappa shape index (κ2) is 5.84. The molecule has 5 nitrogen and oxygen atoms in total. The van der Waals surface area contributed by atoms with Crippen LogP contribution in [0.25, 0.3) is 0 Å². The van der Waals surface area contributed by atoms with Gasteiger partial charge in [-0.15, -0.1) is 0 Å². The lowest BCUT2D eigenvalue weighted by atomic mass is 10.00. The van der Waals surface area contributed by atoms with Crippen LogP contribution in [0.2, 0.25) is 0 Å². The van der Waals surface area contributed by atoms with Crippen LogP contribution in [-0.4, -0.2) is 47.6 Å². The summed E-state index contributed by atoms with van der Waals surface area (Å²) in [6.45, 7) is 5.76. The maximum absolute atomic E-state index is 10.9. The molecule has 1 fully saturated rings. The summed E-state index contributed by atoms with van der Waals surface area (Å²) >= 11 is 0. The van der Waals surface area contributed by atoms with Crippen molar-refractivity contribution in [2.24, 2.45) is 5.92 Å². The van der Waals surface area contributed by atoms with Crippen LogP contribution in [-0.2, 0) is 9.59 Å². The second-order valence-corrected chi connectivity index (χ2v) is 4.60. The average molecular weight is 228 g/mol. The van der Waals surface area contributed by atoms with E-state index in [1.165, 1.54) is 13.3 Å². The number of aliphatic carboxylic acids is 1. The first kappa shape index (κ1) is 13.0. The van der Waals surface area contributed by atoms with Crippen LogP contribution in [0.1, 0.15) is 26.7 Å². The number of nitrogens with zero attached hydrogens (tertiary/aromatic N) is 1. The van der Waals surface area contributed by atoms with Gasteiger partial charge in [0, 0.05) is 20.0 Å². The molecule has 0 spiro atoms. The van der Waals surface area contributed by atoms with Crippen LogP contribution in [0.4, 0.5) is 0 Å². The molecule has 2 atom stereocenters. The molecule has 0 saturated carbocycles. The maximum Gasteiger partial charge on any atom is 0.327 e. The third-order valence-corrected chi connectivity index (χ3v) is 2.86. The van der Waals surface area contributed by atoms with Gasteiger partial charge >= 0.3 is 5.97 Å². The maximum atomic E-state index is 10.9. The highest BCUT2D eigenvalue weighted by atomic mass is 16.4. The Morgan fingerprint density at radius 3 is 2.75 bits per heavy atom. The smallest absolute Gasteiger partial charge is 0.327 e. The van der Waals surface area contributed by atoms with E-state index < -0.39 is 12.0 Å². The van der Waals surface area contributed by atoms with Crippen molar-refractivity contribution in [2.45, 2.75) is 32.7 Å². The standard InChI is InChI=1S/C11H20N2O3/c1-8-4-3-5-13(6-8)7-10(11(15)16)12-9(2)14/h8,10H,3-7H2,1-2H3,(H,12,14)(H,15,16). The summed E-state index contributed by atoms with van der Waals surface area (Å²) < 4.78 is 0. The Morgan fingerprint density at radius 2 is 2.25 bits per heavy atom. The third kappa shape index (κ3) is 4.18. The summed E-state index contributed by atoms with van der Waals surface area (Å²) in [5.74, 6) is -0.647. The van der Waals surface area contributed by atoms with E-state index in [1.807, 2.05) is 0 Å². The third-order valence-electron chi connectivity index (χ3n) is 2.86. The van der Waals surface area contributed by atoms with Gasteiger partial charge in [-0.25, -0.2) is 4.79 Å². The monoisotopic (exact) mass is 228 g/mol. The minimum absolute atomic E-state index is 0.294. The van der Waals surface area contributed by atoms with E-state index in [-0.39, 0.29) is 5.91 Å². The van der Waals surface area contributed by atoms with Crippen LogP contribution in [0, 0.1) is 5.92 Å². The van der Waals surface area contributed by atoms with E-state index in [9.17, 15) is 9.59 Å². The van der Waals surface area contributed by atoms with Crippen LogP contribution in [0.3, 0.4) is 0 Å². The fourth-order valence-electron chi connectivity index (χ4n) is 2.14. The van der Waals surface area contributed by atoms with Gasteiger partial charge in [-0.3, -0.25) is 4.79 Å². The number of carboxylic acids is 1. The van der Waals surface area contributed by atoms with Gasteiger partial charge in [-0.1, -0.05) is 6.92 Å². The van der Waals surface area contributed by atoms with Gasteiger partial charge in [0.05, 0.1) is 0 Å². The second-order valence-electron chi connectivity index (χ2n) is 4.60. The molecule has 0 aromatic carbocycles. The molecule has 1 aliphatic rings. The highest BCUT2D eigenvalue weighted by Gasteiger charge is 2.24. The van der Waals surface area contributed by atoms with E-state index in [0.29, 0.717) is 12.5 Å². The van der Waals surface area contributed by atoms with Crippen LogP contribution in [0.15, 0.2) is 0 Å². The van der Waals surface area contributed by atoms with Gasteiger partial charge in [-0.05, 0) is 25.3 Å². The van der Waals surface area contributed by atoms with Crippen molar-refractivity contribution >= 4 is 11.9 Å². The molecule has 1 heterocycles. The first-order chi connectivity index (χ1) is 7.49. The van der Waals surface area contributed by atoms with Crippen molar-refractivity contribution in [3.63, 3.8) is 0 Å². The number of carbonyl (C=O) groups excluding carboxylic acids is 1. The van der Waals surface area contributed by atoms with Crippen LogP contribution in [0.5, 0.6) is 0 Å². The number of amides is 1. The molecule has 0 aliphatic carbocycles. The van der Waals surface area contributed by atoms with E-state index in [4.69, 9.17) is 5.11 Å². The Labute approximate surface area is 95.8 Å². The van der Waals surface area contributed by atoms with Crippen molar-refractivity contribution < 1.29 is 14.7 Å². The average Bonchev–Trinajstić information content (AvgIpc) is 2.15. The summed E-state index contributed by atoms with van der Waals surface area (Å²) in [5.41, 5.74) is 0. The summed E-state index contributed by atoms with van der Waals surface area (Å²) in [5, 5.41) is 11.4. The fraction of sp³-hybridized carbons (Fsp3) is 0.818. The highest BCUT2D eigenvalue weighted by molar-refractivity contribution is 5.82. The molecule has 1 amide bonds. The van der Waals surface area contributed by atoms with E-state index in [1.54, 1.807) is 0 Å². The number of carboxylic acid groups (broad SMARTS) is 1. The van der Waals surface area contributed by atoms with Gasteiger partial charge < -0.3 is 15.3 Å². The normalized spacial score (nSPS) is 23.8. The molecule has 0 radical (unpaired) electrons. The number of carbonyl (C=O) groups is 2. The van der Waals surface area contributed by atoms with E-state index in [2.05, 4.69) is 17.1 Å². The van der Waals surface area contributed by atoms with E-state index >= 15 is 0 Å². The lowest BCUT2D eigenvalue weighted by Gasteiger charge is -2.32. The predicted molar refractivity (Wildman–Crippen MR) is 60.1 cm³/mol. The SMILES string of the molecule is CC(=O)NC(CN1CCCC(C)C1)C(=O)O. The molecule has 1 aliphatic heterocycles. The molecule has 5 heteroatoms. The Balaban J connectivity index is 2.47. The van der Waals surface area contributed by atoms with Crippen LogP contribution >= 0.6 is 0 Å². The molecule has 0 aromatic rings. The molecule has 92 valence electrons. The number of nitrogens with one attached hydrogen (secondary N) is 1. The lowest BCUT2D eigenvalue weighted by Crippen LogP contribution is -2.49. The Morgan fingerprint density at radius 1 is 1.56 bits per heavy atom.